The van der Waals surface area contributed by atoms with Crippen molar-refractivity contribution in [3.8, 4) is 0 Å². The molecule has 2 fully saturated rings. The van der Waals surface area contributed by atoms with E-state index in [0.29, 0.717) is 0 Å². The van der Waals surface area contributed by atoms with Crippen molar-refractivity contribution in [3.05, 3.63) is 34.9 Å². The summed E-state index contributed by atoms with van der Waals surface area (Å²) in [5, 5.41) is 7.02. The Labute approximate surface area is 118 Å². The topological polar surface area (TPSA) is 41.1 Å². The predicted octanol–water partition coefficient (Wildman–Crippen LogP) is 2.10. The molecule has 2 N–H and O–H groups in total. The second-order valence-corrected chi connectivity index (χ2v) is 6.15. The van der Waals surface area contributed by atoms with Crippen LogP contribution in [0.4, 0.5) is 0 Å². The standard InChI is InChI=1S/C15H19ClN2O/c16-13-4-2-12(3-5-13)15(6-1-7-15)10-18-14(19)11-8-17-9-11/h2-5,11,17H,1,6-10H2,(H,18,19). The van der Waals surface area contributed by atoms with Gasteiger partial charge in [-0.3, -0.25) is 4.79 Å². The van der Waals surface area contributed by atoms with Crippen LogP contribution in [0.1, 0.15) is 24.8 Å². The molecule has 0 spiro atoms. The van der Waals surface area contributed by atoms with Crippen LogP contribution in [0, 0.1) is 5.92 Å². The zero-order valence-corrected chi connectivity index (χ0v) is 11.7. The molecule has 1 aliphatic carbocycles. The van der Waals surface area contributed by atoms with Crippen molar-refractivity contribution in [1.29, 1.82) is 0 Å². The number of halogens is 1. The molecular formula is C15H19ClN2O. The lowest BCUT2D eigenvalue weighted by atomic mass is 9.64. The van der Waals surface area contributed by atoms with Crippen molar-refractivity contribution in [2.24, 2.45) is 5.92 Å². The van der Waals surface area contributed by atoms with Crippen LogP contribution < -0.4 is 10.6 Å². The molecule has 0 aromatic heterocycles. The van der Waals surface area contributed by atoms with Crippen LogP contribution in [0.15, 0.2) is 24.3 Å². The first-order valence-corrected chi connectivity index (χ1v) is 7.32. The van der Waals surface area contributed by atoms with Gasteiger partial charge in [-0.25, -0.2) is 0 Å². The van der Waals surface area contributed by atoms with E-state index < -0.39 is 0 Å². The fourth-order valence-corrected chi connectivity index (χ4v) is 2.98. The lowest BCUT2D eigenvalue weighted by Crippen LogP contribution is -2.54. The minimum atomic E-state index is 0.136. The van der Waals surface area contributed by atoms with Crippen LogP contribution in [0.2, 0.25) is 5.02 Å². The Bertz CT molecular complexity index is 464. The third-order valence-corrected chi connectivity index (χ3v) is 4.77. The van der Waals surface area contributed by atoms with Crippen molar-refractivity contribution in [3.63, 3.8) is 0 Å². The molecule has 102 valence electrons. The number of carbonyl (C=O) groups is 1. The van der Waals surface area contributed by atoms with Crippen LogP contribution in [0.5, 0.6) is 0 Å². The van der Waals surface area contributed by atoms with Gasteiger partial charge < -0.3 is 10.6 Å². The van der Waals surface area contributed by atoms with Gasteiger partial charge in [0, 0.05) is 30.1 Å². The molecule has 1 aliphatic heterocycles. The lowest BCUT2D eigenvalue weighted by Gasteiger charge is -2.43. The van der Waals surface area contributed by atoms with Crippen LogP contribution in [0.3, 0.4) is 0 Å². The van der Waals surface area contributed by atoms with E-state index in [1.807, 2.05) is 12.1 Å². The van der Waals surface area contributed by atoms with E-state index in [9.17, 15) is 4.79 Å². The fourth-order valence-electron chi connectivity index (χ4n) is 2.85. The first-order chi connectivity index (χ1) is 9.20. The Balaban J connectivity index is 1.65. The average Bonchev–Trinajstić information content (AvgIpc) is 2.27. The number of hydrogen-bond donors (Lipinski definition) is 2. The van der Waals surface area contributed by atoms with Gasteiger partial charge in [0.1, 0.15) is 0 Å². The molecule has 1 saturated heterocycles. The first-order valence-electron chi connectivity index (χ1n) is 6.94. The number of benzene rings is 1. The highest BCUT2D eigenvalue weighted by Gasteiger charge is 2.39. The Hall–Kier alpha value is -1.06. The molecule has 4 heteroatoms. The normalized spacial score (nSPS) is 21.3. The molecule has 1 saturated carbocycles. The molecule has 1 aromatic carbocycles. The number of rotatable bonds is 4. The molecule has 19 heavy (non-hydrogen) atoms. The highest BCUT2D eigenvalue weighted by Crippen LogP contribution is 2.43. The van der Waals surface area contributed by atoms with Gasteiger partial charge in [-0.2, -0.15) is 0 Å². The number of carbonyl (C=O) groups excluding carboxylic acids is 1. The van der Waals surface area contributed by atoms with Crippen LogP contribution in [-0.2, 0) is 10.2 Å². The van der Waals surface area contributed by atoms with Crippen molar-refractivity contribution in [1.82, 2.24) is 10.6 Å². The largest absolute Gasteiger partial charge is 0.355 e. The molecule has 1 aromatic rings. The van der Waals surface area contributed by atoms with Gasteiger partial charge in [-0.1, -0.05) is 30.2 Å². The zero-order valence-electron chi connectivity index (χ0n) is 10.9. The van der Waals surface area contributed by atoms with Crippen molar-refractivity contribution < 1.29 is 4.79 Å². The van der Waals surface area contributed by atoms with Crippen molar-refractivity contribution in [2.45, 2.75) is 24.7 Å². The van der Waals surface area contributed by atoms with E-state index >= 15 is 0 Å². The summed E-state index contributed by atoms with van der Waals surface area (Å²) in [5.41, 5.74) is 1.44. The summed E-state index contributed by atoms with van der Waals surface area (Å²) in [5.74, 6) is 0.362. The molecular weight excluding hydrogens is 260 g/mol. The molecule has 3 rings (SSSR count). The van der Waals surface area contributed by atoms with E-state index in [1.165, 1.54) is 12.0 Å². The molecule has 3 nitrogen and oxygen atoms in total. The van der Waals surface area contributed by atoms with E-state index in [2.05, 4.69) is 22.8 Å². The number of hydrogen-bond acceptors (Lipinski definition) is 2. The highest BCUT2D eigenvalue weighted by molar-refractivity contribution is 6.30. The van der Waals surface area contributed by atoms with Gasteiger partial charge in [0.05, 0.1) is 5.92 Å². The summed E-state index contributed by atoms with van der Waals surface area (Å²) in [6.45, 7) is 2.39. The Morgan fingerprint density at radius 3 is 2.47 bits per heavy atom. The maximum absolute atomic E-state index is 11.9. The minimum Gasteiger partial charge on any atom is -0.355 e. The summed E-state index contributed by atoms with van der Waals surface area (Å²) in [6.07, 6.45) is 3.54. The summed E-state index contributed by atoms with van der Waals surface area (Å²) < 4.78 is 0. The van der Waals surface area contributed by atoms with E-state index in [0.717, 1.165) is 37.5 Å². The zero-order chi connectivity index (χ0) is 13.3. The van der Waals surface area contributed by atoms with Gasteiger partial charge in [0.15, 0.2) is 0 Å². The predicted molar refractivity (Wildman–Crippen MR) is 76.4 cm³/mol. The van der Waals surface area contributed by atoms with Gasteiger partial charge in [-0.05, 0) is 30.5 Å². The van der Waals surface area contributed by atoms with Gasteiger partial charge in [0.25, 0.3) is 0 Å². The van der Waals surface area contributed by atoms with Crippen molar-refractivity contribution >= 4 is 17.5 Å². The maximum atomic E-state index is 11.9. The Morgan fingerprint density at radius 2 is 2.00 bits per heavy atom. The van der Waals surface area contributed by atoms with Gasteiger partial charge >= 0.3 is 0 Å². The second kappa shape index (κ2) is 5.14. The average molecular weight is 279 g/mol. The van der Waals surface area contributed by atoms with E-state index in [4.69, 9.17) is 11.6 Å². The lowest BCUT2D eigenvalue weighted by molar-refractivity contribution is -0.126. The van der Waals surface area contributed by atoms with E-state index in [-0.39, 0.29) is 17.2 Å². The van der Waals surface area contributed by atoms with Crippen LogP contribution >= 0.6 is 11.6 Å². The minimum absolute atomic E-state index is 0.136. The second-order valence-electron chi connectivity index (χ2n) is 5.71. The molecule has 1 amide bonds. The first kappa shape index (κ1) is 12.9. The van der Waals surface area contributed by atoms with Crippen molar-refractivity contribution in [2.75, 3.05) is 19.6 Å². The van der Waals surface area contributed by atoms with Crippen LogP contribution in [-0.4, -0.2) is 25.5 Å². The molecule has 0 atom stereocenters. The quantitative estimate of drug-likeness (QED) is 0.886. The highest BCUT2D eigenvalue weighted by atomic mass is 35.5. The molecule has 0 unspecified atom stereocenters. The third kappa shape index (κ3) is 2.49. The summed E-state index contributed by atoms with van der Waals surface area (Å²) in [7, 11) is 0. The number of amides is 1. The smallest absolute Gasteiger partial charge is 0.225 e. The van der Waals surface area contributed by atoms with Gasteiger partial charge in [-0.15, -0.1) is 0 Å². The monoisotopic (exact) mass is 278 g/mol. The Kier molecular flexibility index (Phi) is 3.50. The third-order valence-electron chi connectivity index (χ3n) is 4.52. The van der Waals surface area contributed by atoms with Gasteiger partial charge in [0.2, 0.25) is 5.91 Å². The fraction of sp³-hybridized carbons (Fsp3) is 0.533. The summed E-state index contributed by atoms with van der Waals surface area (Å²) in [4.78, 5) is 11.9. The number of nitrogens with one attached hydrogen (secondary N) is 2. The molecule has 0 radical (unpaired) electrons. The molecule has 0 bridgehead atoms. The summed E-state index contributed by atoms with van der Waals surface area (Å²) in [6, 6.07) is 8.07. The molecule has 2 aliphatic rings. The SMILES string of the molecule is O=C(NCC1(c2ccc(Cl)cc2)CCC1)C1CNC1. The Morgan fingerprint density at radius 1 is 1.32 bits per heavy atom. The maximum Gasteiger partial charge on any atom is 0.225 e. The van der Waals surface area contributed by atoms with E-state index in [1.54, 1.807) is 0 Å². The van der Waals surface area contributed by atoms with Crippen LogP contribution in [0.25, 0.3) is 0 Å². The summed E-state index contributed by atoms with van der Waals surface area (Å²) >= 11 is 5.94. The molecule has 1 heterocycles.